The fourth-order valence-electron chi connectivity index (χ4n) is 3.33. The standard InChI is InChI=1S/C19H19N3O5S2/c1-25-18(24)15-11-4-2-3-5-14(11)29-17(15)20-19(28)22-21-16(23)10-6-7-12-13(8-10)27-9-26-12/h6-8H,2-5,9H2,1H3,(H,21,23)(H2,20,22,28). The second kappa shape index (κ2) is 8.26. The lowest BCUT2D eigenvalue weighted by Gasteiger charge is -2.13. The van der Waals surface area contributed by atoms with Crippen LogP contribution in [0.15, 0.2) is 18.2 Å². The number of hydrogen-bond acceptors (Lipinski definition) is 7. The topological polar surface area (TPSA) is 97.9 Å². The van der Waals surface area contributed by atoms with Crippen molar-refractivity contribution in [2.24, 2.45) is 0 Å². The summed E-state index contributed by atoms with van der Waals surface area (Å²) in [5.41, 5.74) is 7.15. The maximum Gasteiger partial charge on any atom is 0.341 e. The van der Waals surface area contributed by atoms with Gasteiger partial charge in [-0.05, 0) is 61.7 Å². The van der Waals surface area contributed by atoms with E-state index in [0.29, 0.717) is 27.6 Å². The number of carbonyl (C=O) groups is 2. The molecule has 8 nitrogen and oxygen atoms in total. The third-order valence-corrected chi connectivity index (χ3v) is 6.12. The summed E-state index contributed by atoms with van der Waals surface area (Å²) < 4.78 is 15.5. The SMILES string of the molecule is COC(=O)c1c(NC(=S)NNC(=O)c2ccc3c(c2)OCO3)sc2c1CCCC2. The van der Waals surface area contributed by atoms with Crippen molar-refractivity contribution in [3.8, 4) is 11.5 Å². The molecule has 3 N–H and O–H groups in total. The van der Waals surface area contributed by atoms with Crippen molar-refractivity contribution >= 4 is 45.5 Å². The fourth-order valence-corrected chi connectivity index (χ4v) is 4.83. The van der Waals surface area contributed by atoms with E-state index in [0.717, 1.165) is 31.2 Å². The van der Waals surface area contributed by atoms with Crippen molar-refractivity contribution in [3.05, 3.63) is 39.8 Å². The number of carbonyl (C=O) groups excluding carboxylic acids is 2. The first kappa shape index (κ1) is 19.5. The summed E-state index contributed by atoms with van der Waals surface area (Å²) in [6.07, 6.45) is 3.93. The van der Waals surface area contributed by atoms with E-state index >= 15 is 0 Å². The first-order valence-electron chi connectivity index (χ1n) is 9.06. The van der Waals surface area contributed by atoms with E-state index in [1.54, 1.807) is 18.2 Å². The highest BCUT2D eigenvalue weighted by Gasteiger charge is 2.26. The van der Waals surface area contributed by atoms with Crippen molar-refractivity contribution in [3.63, 3.8) is 0 Å². The second-order valence-electron chi connectivity index (χ2n) is 6.51. The maximum atomic E-state index is 12.4. The minimum atomic E-state index is -0.390. The van der Waals surface area contributed by atoms with E-state index in [-0.39, 0.29) is 23.8 Å². The van der Waals surface area contributed by atoms with Crippen molar-refractivity contribution in [2.45, 2.75) is 25.7 Å². The number of hydrazine groups is 1. The molecule has 0 spiro atoms. The Labute approximate surface area is 176 Å². The highest BCUT2D eigenvalue weighted by atomic mass is 32.1. The van der Waals surface area contributed by atoms with Gasteiger partial charge in [0.2, 0.25) is 6.79 Å². The largest absolute Gasteiger partial charge is 0.465 e. The van der Waals surface area contributed by atoms with E-state index in [1.165, 1.54) is 23.3 Å². The number of thiophene rings is 1. The van der Waals surface area contributed by atoms with Gasteiger partial charge in [-0.3, -0.25) is 15.6 Å². The lowest BCUT2D eigenvalue weighted by atomic mass is 9.95. The van der Waals surface area contributed by atoms with Crippen LogP contribution < -0.4 is 25.6 Å². The van der Waals surface area contributed by atoms with Crippen LogP contribution in [-0.4, -0.2) is 30.9 Å². The fraction of sp³-hybridized carbons (Fsp3) is 0.316. The molecule has 152 valence electrons. The zero-order chi connectivity index (χ0) is 20.4. The zero-order valence-corrected chi connectivity index (χ0v) is 17.3. The van der Waals surface area contributed by atoms with Crippen LogP contribution >= 0.6 is 23.6 Å². The van der Waals surface area contributed by atoms with Gasteiger partial charge in [0.1, 0.15) is 5.00 Å². The summed E-state index contributed by atoms with van der Waals surface area (Å²) in [5, 5.41) is 3.80. The summed E-state index contributed by atoms with van der Waals surface area (Å²) in [5.74, 6) is 0.346. The average Bonchev–Trinajstić information content (AvgIpc) is 3.34. The Balaban J connectivity index is 1.41. The molecule has 2 aliphatic rings. The van der Waals surface area contributed by atoms with E-state index in [9.17, 15) is 9.59 Å². The van der Waals surface area contributed by atoms with Gasteiger partial charge in [0.15, 0.2) is 16.6 Å². The second-order valence-corrected chi connectivity index (χ2v) is 8.02. The molecule has 2 heterocycles. The summed E-state index contributed by atoms with van der Waals surface area (Å²) in [4.78, 5) is 25.8. The number of nitrogens with one attached hydrogen (secondary N) is 3. The molecule has 1 aromatic heterocycles. The van der Waals surface area contributed by atoms with Crippen LogP contribution in [0.25, 0.3) is 0 Å². The Morgan fingerprint density at radius 2 is 1.93 bits per heavy atom. The Bertz CT molecular complexity index is 988. The predicted molar refractivity (Wildman–Crippen MR) is 112 cm³/mol. The molecule has 0 radical (unpaired) electrons. The third kappa shape index (κ3) is 3.99. The molecule has 1 aliphatic carbocycles. The maximum absolute atomic E-state index is 12.4. The average molecular weight is 434 g/mol. The smallest absolute Gasteiger partial charge is 0.341 e. The molecule has 4 rings (SSSR count). The Kier molecular flexibility index (Phi) is 5.54. The summed E-state index contributed by atoms with van der Waals surface area (Å²) >= 11 is 6.78. The number of methoxy groups -OCH3 is 1. The number of rotatable bonds is 3. The van der Waals surface area contributed by atoms with Gasteiger partial charge in [-0.1, -0.05) is 0 Å². The van der Waals surface area contributed by atoms with E-state index in [4.69, 9.17) is 26.4 Å². The first-order chi connectivity index (χ1) is 14.1. The molecule has 0 unspecified atom stereocenters. The molecule has 29 heavy (non-hydrogen) atoms. The van der Waals surface area contributed by atoms with Crippen molar-refractivity contribution in [2.75, 3.05) is 19.2 Å². The van der Waals surface area contributed by atoms with E-state index in [1.807, 2.05) is 0 Å². The Morgan fingerprint density at radius 1 is 1.14 bits per heavy atom. The van der Waals surface area contributed by atoms with Crippen LogP contribution in [0, 0.1) is 0 Å². The molecule has 0 bridgehead atoms. The molecular weight excluding hydrogens is 414 g/mol. The number of esters is 1. The van der Waals surface area contributed by atoms with Gasteiger partial charge < -0.3 is 19.5 Å². The summed E-state index contributed by atoms with van der Waals surface area (Å²) in [6.45, 7) is 0.139. The normalized spacial score (nSPS) is 14.0. The minimum Gasteiger partial charge on any atom is -0.465 e. The first-order valence-corrected chi connectivity index (χ1v) is 10.3. The molecule has 1 amide bonds. The molecule has 0 atom stereocenters. The number of fused-ring (bicyclic) bond motifs is 2. The number of anilines is 1. The molecule has 0 saturated carbocycles. The predicted octanol–water partition coefficient (Wildman–Crippen LogP) is 2.77. The molecule has 2 aromatic rings. The number of ether oxygens (including phenoxy) is 3. The van der Waals surface area contributed by atoms with Gasteiger partial charge in [-0.15, -0.1) is 11.3 Å². The van der Waals surface area contributed by atoms with Crippen molar-refractivity contribution < 1.29 is 23.8 Å². The summed E-state index contributed by atoms with van der Waals surface area (Å²) in [7, 11) is 1.36. The number of benzene rings is 1. The van der Waals surface area contributed by atoms with Crippen LogP contribution in [0.4, 0.5) is 5.00 Å². The monoisotopic (exact) mass is 433 g/mol. The van der Waals surface area contributed by atoms with Crippen LogP contribution in [-0.2, 0) is 17.6 Å². The molecular formula is C19H19N3O5S2. The number of aryl methyl sites for hydroxylation is 1. The lowest BCUT2D eigenvalue weighted by Crippen LogP contribution is -2.43. The van der Waals surface area contributed by atoms with Gasteiger partial charge in [0.25, 0.3) is 5.91 Å². The van der Waals surface area contributed by atoms with Gasteiger partial charge in [-0.2, -0.15) is 0 Å². The number of amides is 1. The van der Waals surface area contributed by atoms with Crippen LogP contribution in [0.3, 0.4) is 0 Å². The quantitative estimate of drug-likeness (QED) is 0.386. The Hall–Kier alpha value is -2.85. The highest BCUT2D eigenvalue weighted by molar-refractivity contribution is 7.80. The highest BCUT2D eigenvalue weighted by Crippen LogP contribution is 2.38. The molecule has 1 aromatic carbocycles. The number of hydrogen-bond donors (Lipinski definition) is 3. The van der Waals surface area contributed by atoms with Gasteiger partial charge >= 0.3 is 5.97 Å². The minimum absolute atomic E-state index is 0.139. The third-order valence-electron chi connectivity index (χ3n) is 4.71. The van der Waals surface area contributed by atoms with Crippen LogP contribution in [0.5, 0.6) is 11.5 Å². The van der Waals surface area contributed by atoms with Crippen LogP contribution in [0.1, 0.15) is 44.0 Å². The summed E-state index contributed by atoms with van der Waals surface area (Å²) in [6, 6.07) is 4.90. The van der Waals surface area contributed by atoms with E-state index < -0.39 is 0 Å². The molecule has 0 fully saturated rings. The number of thiocarbonyl (C=S) groups is 1. The molecule has 0 saturated heterocycles. The molecule has 1 aliphatic heterocycles. The lowest BCUT2D eigenvalue weighted by molar-refractivity contribution is 0.0600. The van der Waals surface area contributed by atoms with Crippen molar-refractivity contribution in [1.29, 1.82) is 0 Å². The van der Waals surface area contributed by atoms with Crippen LogP contribution in [0.2, 0.25) is 0 Å². The zero-order valence-electron chi connectivity index (χ0n) is 15.6. The van der Waals surface area contributed by atoms with E-state index in [2.05, 4.69) is 16.2 Å². The molecule has 10 heteroatoms. The van der Waals surface area contributed by atoms with Gasteiger partial charge in [-0.25, -0.2) is 4.79 Å². The van der Waals surface area contributed by atoms with Gasteiger partial charge in [0.05, 0.1) is 12.7 Å². The Morgan fingerprint density at radius 3 is 2.76 bits per heavy atom. The van der Waals surface area contributed by atoms with Gasteiger partial charge in [0, 0.05) is 10.4 Å². The van der Waals surface area contributed by atoms with Crippen molar-refractivity contribution in [1.82, 2.24) is 10.9 Å².